The highest BCUT2D eigenvalue weighted by atomic mass is 32.2. The summed E-state index contributed by atoms with van der Waals surface area (Å²) in [6.07, 6.45) is 2.06. The van der Waals surface area contributed by atoms with Crippen molar-refractivity contribution >= 4 is 21.4 Å². The summed E-state index contributed by atoms with van der Waals surface area (Å²) in [7, 11) is -3.70. The average Bonchev–Trinajstić information content (AvgIpc) is 2.37. The maximum atomic E-state index is 11.2. The number of hydrogen-bond donors (Lipinski definition) is 3. The molecule has 1 aromatic carbocycles. The van der Waals surface area contributed by atoms with Gasteiger partial charge >= 0.3 is 0 Å². The van der Waals surface area contributed by atoms with Gasteiger partial charge in [0, 0.05) is 19.8 Å². The molecule has 106 valence electrons. The van der Waals surface area contributed by atoms with Crippen LogP contribution in [0.15, 0.2) is 23.1 Å². The van der Waals surface area contributed by atoms with Crippen molar-refractivity contribution in [3.8, 4) is 0 Å². The number of anilines is 2. The maximum absolute atomic E-state index is 11.2. The monoisotopic (exact) mass is 285 g/mol. The molecule has 2 rings (SSSR count). The van der Waals surface area contributed by atoms with E-state index in [1.54, 1.807) is 6.07 Å². The molecule has 7 heteroatoms. The number of hydrogen-bond acceptors (Lipinski definition) is 5. The third-order valence-corrected chi connectivity index (χ3v) is 4.18. The van der Waals surface area contributed by atoms with Crippen LogP contribution < -0.4 is 16.2 Å². The topological polar surface area (TPSA) is 107 Å². The van der Waals surface area contributed by atoms with Crippen LogP contribution in [0.1, 0.15) is 12.8 Å². The average molecular weight is 285 g/mol. The zero-order valence-corrected chi connectivity index (χ0v) is 11.4. The number of nitrogens with two attached hydrogens (primary N) is 2. The lowest BCUT2D eigenvalue weighted by atomic mass is 10.0. The zero-order valence-electron chi connectivity index (χ0n) is 10.6. The quantitative estimate of drug-likeness (QED) is 0.708. The Kier molecular flexibility index (Phi) is 4.28. The van der Waals surface area contributed by atoms with Gasteiger partial charge < -0.3 is 15.8 Å². The fourth-order valence-electron chi connectivity index (χ4n) is 2.08. The molecule has 1 fully saturated rings. The van der Waals surface area contributed by atoms with E-state index < -0.39 is 10.0 Å². The van der Waals surface area contributed by atoms with E-state index in [0.717, 1.165) is 38.3 Å². The van der Waals surface area contributed by atoms with E-state index in [2.05, 4.69) is 5.32 Å². The highest BCUT2D eigenvalue weighted by molar-refractivity contribution is 7.89. The molecule has 1 aromatic rings. The molecule has 0 radical (unpaired) electrons. The molecule has 0 atom stereocenters. The minimum atomic E-state index is -3.70. The summed E-state index contributed by atoms with van der Waals surface area (Å²) in [6.45, 7) is 2.40. The summed E-state index contributed by atoms with van der Waals surface area (Å²) in [4.78, 5) is 0.0293. The van der Waals surface area contributed by atoms with Gasteiger partial charge in [0.05, 0.1) is 16.3 Å². The van der Waals surface area contributed by atoms with E-state index in [-0.39, 0.29) is 4.90 Å². The summed E-state index contributed by atoms with van der Waals surface area (Å²) in [5.74, 6) is 0.561. The third kappa shape index (κ3) is 3.82. The fourth-order valence-corrected chi connectivity index (χ4v) is 2.63. The molecule has 0 spiro atoms. The first-order chi connectivity index (χ1) is 8.97. The highest BCUT2D eigenvalue weighted by Crippen LogP contribution is 2.23. The van der Waals surface area contributed by atoms with Gasteiger partial charge in [-0.15, -0.1) is 0 Å². The highest BCUT2D eigenvalue weighted by Gasteiger charge is 2.14. The lowest BCUT2D eigenvalue weighted by molar-refractivity contribution is 0.0699. The Labute approximate surface area is 113 Å². The Hall–Kier alpha value is -1.31. The van der Waals surface area contributed by atoms with Crippen molar-refractivity contribution in [2.24, 2.45) is 11.1 Å². The molecule has 0 bridgehead atoms. The van der Waals surface area contributed by atoms with E-state index >= 15 is 0 Å². The SMILES string of the molecule is Nc1cc(S(N)(=O)=O)ccc1NCC1CCOCC1. The van der Waals surface area contributed by atoms with Crippen LogP contribution in [-0.4, -0.2) is 28.2 Å². The van der Waals surface area contributed by atoms with Crippen molar-refractivity contribution < 1.29 is 13.2 Å². The summed E-state index contributed by atoms with van der Waals surface area (Å²) in [5.41, 5.74) is 6.95. The standard InChI is InChI=1S/C12H19N3O3S/c13-11-7-10(19(14,16)17)1-2-12(11)15-8-9-3-5-18-6-4-9/h1-2,7,9,15H,3-6,8,13H2,(H2,14,16,17). The zero-order chi connectivity index (χ0) is 13.9. The van der Waals surface area contributed by atoms with Crippen LogP contribution in [0.2, 0.25) is 0 Å². The first-order valence-electron chi connectivity index (χ1n) is 6.21. The molecule has 0 aliphatic carbocycles. The molecule has 1 aliphatic rings. The van der Waals surface area contributed by atoms with Crippen LogP contribution in [0.4, 0.5) is 11.4 Å². The smallest absolute Gasteiger partial charge is 0.238 e. The third-order valence-electron chi connectivity index (χ3n) is 3.27. The Morgan fingerprint density at radius 3 is 2.58 bits per heavy atom. The molecular formula is C12H19N3O3S. The molecule has 0 unspecified atom stereocenters. The minimum absolute atomic E-state index is 0.0293. The van der Waals surface area contributed by atoms with E-state index in [1.807, 2.05) is 0 Å². The van der Waals surface area contributed by atoms with E-state index in [4.69, 9.17) is 15.6 Å². The van der Waals surface area contributed by atoms with Gasteiger partial charge in [0.2, 0.25) is 10.0 Å². The molecule has 1 aliphatic heterocycles. The van der Waals surface area contributed by atoms with Gasteiger partial charge in [-0.2, -0.15) is 0 Å². The van der Waals surface area contributed by atoms with Gasteiger partial charge in [-0.3, -0.25) is 0 Å². The predicted octanol–water partition coefficient (Wildman–Crippen LogP) is 0.755. The Morgan fingerprint density at radius 2 is 2.00 bits per heavy atom. The molecule has 0 amide bonds. The predicted molar refractivity (Wildman–Crippen MR) is 74.3 cm³/mol. The lowest BCUT2D eigenvalue weighted by Gasteiger charge is -2.23. The summed E-state index contributed by atoms with van der Waals surface area (Å²) in [5, 5.41) is 8.29. The van der Waals surface area contributed by atoms with Gasteiger partial charge in [0.25, 0.3) is 0 Å². The fraction of sp³-hybridized carbons (Fsp3) is 0.500. The number of sulfonamides is 1. The summed E-state index contributed by atoms with van der Waals surface area (Å²) >= 11 is 0. The van der Waals surface area contributed by atoms with Crippen molar-refractivity contribution in [2.75, 3.05) is 30.8 Å². The number of benzene rings is 1. The first-order valence-corrected chi connectivity index (χ1v) is 7.75. The maximum Gasteiger partial charge on any atom is 0.238 e. The largest absolute Gasteiger partial charge is 0.397 e. The van der Waals surface area contributed by atoms with Gasteiger partial charge in [0.1, 0.15) is 0 Å². The van der Waals surface area contributed by atoms with Crippen LogP contribution in [0, 0.1) is 5.92 Å². The second-order valence-electron chi connectivity index (χ2n) is 4.73. The summed E-state index contributed by atoms with van der Waals surface area (Å²) < 4.78 is 27.7. The van der Waals surface area contributed by atoms with Crippen molar-refractivity contribution in [2.45, 2.75) is 17.7 Å². The second kappa shape index (κ2) is 5.77. The normalized spacial score (nSPS) is 17.3. The number of primary sulfonamides is 1. The van der Waals surface area contributed by atoms with Crippen LogP contribution in [0.5, 0.6) is 0 Å². The lowest BCUT2D eigenvalue weighted by Crippen LogP contribution is -2.23. The van der Waals surface area contributed by atoms with Crippen LogP contribution in [0.3, 0.4) is 0 Å². The molecule has 1 heterocycles. The molecule has 0 saturated carbocycles. The van der Waals surface area contributed by atoms with Crippen molar-refractivity contribution in [3.05, 3.63) is 18.2 Å². The molecule has 1 saturated heterocycles. The Morgan fingerprint density at radius 1 is 1.32 bits per heavy atom. The van der Waals surface area contributed by atoms with Crippen LogP contribution >= 0.6 is 0 Å². The van der Waals surface area contributed by atoms with Gasteiger partial charge in [-0.1, -0.05) is 0 Å². The van der Waals surface area contributed by atoms with Crippen molar-refractivity contribution in [1.29, 1.82) is 0 Å². The number of nitrogen functional groups attached to an aromatic ring is 1. The number of nitrogens with one attached hydrogen (secondary N) is 1. The summed E-state index contributed by atoms with van der Waals surface area (Å²) in [6, 6.07) is 4.48. The molecule has 5 N–H and O–H groups in total. The van der Waals surface area contributed by atoms with Gasteiger partial charge in [0.15, 0.2) is 0 Å². The van der Waals surface area contributed by atoms with Crippen molar-refractivity contribution in [3.63, 3.8) is 0 Å². The molecule has 6 nitrogen and oxygen atoms in total. The Balaban J connectivity index is 2.01. The minimum Gasteiger partial charge on any atom is -0.397 e. The number of ether oxygens (including phenoxy) is 1. The van der Waals surface area contributed by atoms with E-state index in [1.165, 1.54) is 12.1 Å². The van der Waals surface area contributed by atoms with Gasteiger partial charge in [-0.25, -0.2) is 13.6 Å². The second-order valence-corrected chi connectivity index (χ2v) is 6.29. The molecule has 19 heavy (non-hydrogen) atoms. The van der Waals surface area contributed by atoms with Gasteiger partial charge in [-0.05, 0) is 37.0 Å². The van der Waals surface area contributed by atoms with Crippen LogP contribution in [-0.2, 0) is 14.8 Å². The van der Waals surface area contributed by atoms with Crippen molar-refractivity contribution in [1.82, 2.24) is 0 Å². The van der Waals surface area contributed by atoms with Crippen LogP contribution in [0.25, 0.3) is 0 Å². The van der Waals surface area contributed by atoms with E-state index in [0.29, 0.717) is 11.6 Å². The molecule has 0 aromatic heterocycles. The number of rotatable bonds is 4. The molecular weight excluding hydrogens is 266 g/mol. The first kappa shape index (κ1) is 14.1. The van der Waals surface area contributed by atoms with E-state index in [9.17, 15) is 8.42 Å². The Bertz CT molecular complexity index is 539.